The van der Waals surface area contributed by atoms with E-state index in [0.29, 0.717) is 5.78 Å². The van der Waals surface area contributed by atoms with E-state index in [1.54, 1.807) is 0 Å². The lowest BCUT2D eigenvalue weighted by atomic mass is 9.97. The average molecular weight is 183 g/mol. The summed E-state index contributed by atoms with van der Waals surface area (Å²) in [5.74, 6) is 1.59. The third-order valence-corrected chi connectivity index (χ3v) is 3.89. The molecule has 0 saturated carbocycles. The molecule has 0 saturated heterocycles. The SMILES string of the molecule is CC1CSC2=C(CNCC2)C1=O. The first-order valence-electron chi connectivity index (χ1n) is 4.39. The molecule has 0 aromatic carbocycles. The predicted octanol–water partition coefficient (Wildman–Crippen LogP) is 1.19. The van der Waals surface area contributed by atoms with Gasteiger partial charge in [-0.1, -0.05) is 6.92 Å². The summed E-state index contributed by atoms with van der Waals surface area (Å²) in [6.45, 7) is 3.85. The zero-order chi connectivity index (χ0) is 8.55. The second-order valence-electron chi connectivity index (χ2n) is 3.40. The van der Waals surface area contributed by atoms with Crippen molar-refractivity contribution in [1.82, 2.24) is 5.32 Å². The quantitative estimate of drug-likeness (QED) is 0.611. The Hall–Kier alpha value is -0.280. The standard InChI is InChI=1S/C9H13NOS/c1-6-5-12-8-2-3-10-4-7(8)9(6)11/h6,10H,2-5H2,1H3. The first-order valence-corrected chi connectivity index (χ1v) is 5.37. The van der Waals surface area contributed by atoms with Gasteiger partial charge in [0, 0.05) is 30.3 Å². The Morgan fingerprint density at radius 1 is 1.58 bits per heavy atom. The van der Waals surface area contributed by atoms with E-state index in [-0.39, 0.29) is 5.92 Å². The van der Waals surface area contributed by atoms with Crippen molar-refractivity contribution in [2.24, 2.45) is 5.92 Å². The Morgan fingerprint density at radius 2 is 2.42 bits per heavy atom. The Kier molecular flexibility index (Phi) is 2.24. The molecule has 0 amide bonds. The molecule has 12 heavy (non-hydrogen) atoms. The van der Waals surface area contributed by atoms with Crippen LogP contribution in [0.15, 0.2) is 10.5 Å². The molecule has 0 aromatic rings. The van der Waals surface area contributed by atoms with Gasteiger partial charge in [0.15, 0.2) is 5.78 Å². The van der Waals surface area contributed by atoms with Crippen LogP contribution in [0, 0.1) is 5.92 Å². The topological polar surface area (TPSA) is 29.1 Å². The summed E-state index contributed by atoms with van der Waals surface area (Å²) >= 11 is 1.88. The van der Waals surface area contributed by atoms with Crippen LogP contribution in [0.4, 0.5) is 0 Å². The summed E-state index contributed by atoms with van der Waals surface area (Å²) in [5, 5.41) is 3.24. The van der Waals surface area contributed by atoms with Crippen LogP contribution in [0.1, 0.15) is 13.3 Å². The molecule has 0 radical (unpaired) electrons. The lowest BCUT2D eigenvalue weighted by molar-refractivity contribution is -0.118. The monoisotopic (exact) mass is 183 g/mol. The zero-order valence-electron chi connectivity index (χ0n) is 7.22. The molecule has 2 heterocycles. The van der Waals surface area contributed by atoms with Crippen molar-refractivity contribution < 1.29 is 4.79 Å². The van der Waals surface area contributed by atoms with Gasteiger partial charge in [-0.15, -0.1) is 11.8 Å². The van der Waals surface area contributed by atoms with E-state index in [0.717, 1.165) is 30.8 Å². The molecule has 66 valence electrons. The number of hydrogen-bond donors (Lipinski definition) is 1. The molecule has 0 spiro atoms. The molecular formula is C9H13NOS. The lowest BCUT2D eigenvalue weighted by Crippen LogP contribution is -2.33. The van der Waals surface area contributed by atoms with Crippen LogP contribution in [-0.4, -0.2) is 24.6 Å². The van der Waals surface area contributed by atoms with Crippen LogP contribution in [0.3, 0.4) is 0 Å². The highest BCUT2D eigenvalue weighted by Gasteiger charge is 2.28. The van der Waals surface area contributed by atoms with Crippen molar-refractivity contribution >= 4 is 17.5 Å². The molecule has 3 heteroatoms. The maximum absolute atomic E-state index is 11.6. The van der Waals surface area contributed by atoms with E-state index < -0.39 is 0 Å². The molecule has 2 rings (SSSR count). The van der Waals surface area contributed by atoms with Crippen LogP contribution in [0.25, 0.3) is 0 Å². The fourth-order valence-corrected chi connectivity index (χ4v) is 2.84. The summed E-state index contributed by atoms with van der Waals surface area (Å²) < 4.78 is 0. The molecule has 0 fully saturated rings. The third-order valence-electron chi connectivity index (χ3n) is 2.42. The summed E-state index contributed by atoms with van der Waals surface area (Å²) in [6, 6.07) is 0. The molecule has 0 aliphatic carbocycles. The molecule has 1 N–H and O–H groups in total. The van der Waals surface area contributed by atoms with Gasteiger partial charge in [0.2, 0.25) is 0 Å². The van der Waals surface area contributed by atoms with Crippen LogP contribution < -0.4 is 5.32 Å². The molecule has 0 bridgehead atoms. The van der Waals surface area contributed by atoms with Crippen molar-refractivity contribution in [3.63, 3.8) is 0 Å². The minimum absolute atomic E-state index is 0.230. The fraction of sp³-hybridized carbons (Fsp3) is 0.667. The Bertz CT molecular complexity index is 247. The number of carbonyl (C=O) groups is 1. The molecular weight excluding hydrogens is 170 g/mol. The first-order chi connectivity index (χ1) is 5.79. The average Bonchev–Trinajstić information content (AvgIpc) is 2.12. The Morgan fingerprint density at radius 3 is 3.25 bits per heavy atom. The van der Waals surface area contributed by atoms with E-state index in [1.165, 1.54) is 4.91 Å². The summed E-state index contributed by atoms with van der Waals surface area (Å²) in [5.41, 5.74) is 1.06. The minimum atomic E-state index is 0.230. The van der Waals surface area contributed by atoms with Crippen molar-refractivity contribution in [2.75, 3.05) is 18.8 Å². The van der Waals surface area contributed by atoms with E-state index >= 15 is 0 Å². The van der Waals surface area contributed by atoms with Gasteiger partial charge in [-0.3, -0.25) is 4.79 Å². The summed E-state index contributed by atoms with van der Waals surface area (Å²) in [7, 11) is 0. The van der Waals surface area contributed by atoms with Gasteiger partial charge in [0.05, 0.1) is 0 Å². The lowest BCUT2D eigenvalue weighted by Gasteiger charge is -2.27. The Labute approximate surface area is 76.8 Å². The van der Waals surface area contributed by atoms with E-state index in [2.05, 4.69) is 5.32 Å². The van der Waals surface area contributed by atoms with Crippen molar-refractivity contribution in [3.8, 4) is 0 Å². The molecule has 1 unspecified atom stereocenters. The second-order valence-corrected chi connectivity index (χ2v) is 4.52. The predicted molar refractivity (Wildman–Crippen MR) is 51.1 cm³/mol. The van der Waals surface area contributed by atoms with Crippen LogP contribution >= 0.6 is 11.8 Å². The van der Waals surface area contributed by atoms with Gasteiger partial charge >= 0.3 is 0 Å². The number of rotatable bonds is 0. The molecule has 1 atom stereocenters. The van der Waals surface area contributed by atoms with Gasteiger partial charge in [-0.25, -0.2) is 0 Å². The minimum Gasteiger partial charge on any atom is -0.312 e. The number of ketones is 1. The molecule has 2 aliphatic heterocycles. The van der Waals surface area contributed by atoms with Gasteiger partial charge in [0.1, 0.15) is 0 Å². The molecule has 0 aromatic heterocycles. The van der Waals surface area contributed by atoms with E-state index in [4.69, 9.17) is 0 Å². The van der Waals surface area contributed by atoms with E-state index in [9.17, 15) is 4.79 Å². The zero-order valence-corrected chi connectivity index (χ0v) is 8.04. The van der Waals surface area contributed by atoms with Crippen LogP contribution in [0.2, 0.25) is 0 Å². The van der Waals surface area contributed by atoms with Crippen LogP contribution in [0.5, 0.6) is 0 Å². The third kappa shape index (κ3) is 1.31. The van der Waals surface area contributed by atoms with E-state index in [1.807, 2.05) is 18.7 Å². The number of hydrogen-bond acceptors (Lipinski definition) is 3. The maximum Gasteiger partial charge on any atom is 0.164 e. The van der Waals surface area contributed by atoms with Gasteiger partial charge in [-0.05, 0) is 11.3 Å². The summed E-state index contributed by atoms with van der Waals surface area (Å²) in [4.78, 5) is 13.0. The first kappa shape index (κ1) is 8.32. The van der Waals surface area contributed by atoms with Gasteiger partial charge in [-0.2, -0.15) is 0 Å². The molecule has 2 nitrogen and oxygen atoms in total. The Balaban J connectivity index is 2.28. The van der Waals surface area contributed by atoms with Crippen molar-refractivity contribution in [2.45, 2.75) is 13.3 Å². The summed E-state index contributed by atoms with van der Waals surface area (Å²) in [6.07, 6.45) is 1.05. The number of carbonyl (C=O) groups excluding carboxylic acids is 1. The largest absolute Gasteiger partial charge is 0.312 e. The van der Waals surface area contributed by atoms with Crippen molar-refractivity contribution in [3.05, 3.63) is 10.5 Å². The second kappa shape index (κ2) is 3.23. The highest BCUT2D eigenvalue weighted by atomic mass is 32.2. The smallest absolute Gasteiger partial charge is 0.164 e. The normalized spacial score (nSPS) is 30.4. The number of thioether (sulfide) groups is 1. The van der Waals surface area contributed by atoms with Crippen LogP contribution in [-0.2, 0) is 4.79 Å². The van der Waals surface area contributed by atoms with Gasteiger partial charge < -0.3 is 5.32 Å². The maximum atomic E-state index is 11.6. The fourth-order valence-electron chi connectivity index (χ4n) is 1.65. The van der Waals surface area contributed by atoms with Gasteiger partial charge in [0.25, 0.3) is 0 Å². The highest BCUT2D eigenvalue weighted by Crippen LogP contribution is 2.33. The number of Topliss-reactive ketones (excluding diaryl/α,β-unsaturated/α-hetero) is 1. The molecule has 2 aliphatic rings. The number of nitrogens with one attached hydrogen (secondary N) is 1. The van der Waals surface area contributed by atoms with Crippen molar-refractivity contribution in [1.29, 1.82) is 0 Å². The highest BCUT2D eigenvalue weighted by molar-refractivity contribution is 8.03.